The largest absolute Gasteiger partial charge is 0.329 e. The van der Waals surface area contributed by atoms with Crippen LogP contribution in [-0.2, 0) is 11.2 Å². The van der Waals surface area contributed by atoms with E-state index in [9.17, 15) is 9.59 Å². The van der Waals surface area contributed by atoms with Crippen LogP contribution in [-0.4, -0.2) is 22.5 Å². The fourth-order valence-electron chi connectivity index (χ4n) is 3.61. The van der Waals surface area contributed by atoms with Crippen molar-refractivity contribution < 1.29 is 9.59 Å². The molecule has 2 fully saturated rings. The summed E-state index contributed by atoms with van der Waals surface area (Å²) < 4.78 is 0. The Hall–Kier alpha value is -3.20. The minimum absolute atomic E-state index is 0.252. The summed E-state index contributed by atoms with van der Waals surface area (Å²) >= 11 is 0. The third-order valence-corrected chi connectivity index (χ3v) is 5.70. The molecule has 1 atom stereocenters. The highest BCUT2D eigenvalue weighted by Crippen LogP contribution is 2.42. The molecule has 0 radical (unpaired) electrons. The number of pyridine rings is 1. The Morgan fingerprint density at radius 2 is 2.07 bits per heavy atom. The van der Waals surface area contributed by atoms with E-state index >= 15 is 0 Å². The number of rotatable bonds is 5. The van der Waals surface area contributed by atoms with Crippen LogP contribution in [0.3, 0.4) is 0 Å². The number of nitriles is 1. The molecule has 1 aliphatic carbocycles. The Balaban J connectivity index is 1.56. The lowest BCUT2D eigenvalue weighted by atomic mass is 9.97. The lowest BCUT2D eigenvalue weighted by molar-refractivity contribution is -0.121. The Bertz CT molecular complexity index is 989. The van der Waals surface area contributed by atoms with Crippen LogP contribution >= 0.6 is 0 Å². The summed E-state index contributed by atoms with van der Waals surface area (Å²) in [6, 6.07) is 11.3. The average Bonchev–Trinajstić information content (AvgIpc) is 3.51. The van der Waals surface area contributed by atoms with E-state index in [1.807, 2.05) is 31.2 Å². The standard InChI is InChI=1S/C22H22N4O2/c1-3-22(2)20(27)26(21(28)25-22)18-9-8-17(24-13-18)11-16-5-4-14(12-23)10-19(16)15-6-7-15/h4-5,8-10,13,15H,3,6-7,11H2,1-2H3,(H,25,28)/t22-/m1/s1. The molecule has 1 N–H and O–H groups in total. The van der Waals surface area contributed by atoms with E-state index in [0.29, 0.717) is 30.0 Å². The normalized spacial score (nSPS) is 21.5. The monoisotopic (exact) mass is 374 g/mol. The van der Waals surface area contributed by atoms with Crippen LogP contribution in [0.1, 0.15) is 61.4 Å². The zero-order valence-corrected chi connectivity index (χ0v) is 16.0. The zero-order valence-electron chi connectivity index (χ0n) is 16.0. The molecule has 1 aromatic heterocycles. The number of benzene rings is 1. The van der Waals surface area contributed by atoms with Crippen molar-refractivity contribution in [2.75, 3.05) is 4.90 Å². The first kappa shape index (κ1) is 18.2. The molecule has 2 heterocycles. The van der Waals surface area contributed by atoms with Gasteiger partial charge in [0.1, 0.15) is 5.54 Å². The molecule has 1 aromatic carbocycles. The number of nitrogens with one attached hydrogen (secondary N) is 1. The second-order valence-electron chi connectivity index (χ2n) is 7.74. The molecule has 1 saturated carbocycles. The number of nitrogens with zero attached hydrogens (tertiary/aromatic N) is 3. The Morgan fingerprint density at radius 3 is 2.64 bits per heavy atom. The maximum absolute atomic E-state index is 12.6. The van der Waals surface area contributed by atoms with E-state index < -0.39 is 11.6 Å². The van der Waals surface area contributed by atoms with Gasteiger partial charge in [-0.3, -0.25) is 9.78 Å². The van der Waals surface area contributed by atoms with Crippen molar-refractivity contribution in [2.45, 2.75) is 51.0 Å². The molecule has 6 nitrogen and oxygen atoms in total. The molecule has 1 saturated heterocycles. The Kier molecular flexibility index (Phi) is 4.38. The van der Waals surface area contributed by atoms with Gasteiger partial charge in [0.2, 0.25) is 0 Å². The molecular weight excluding hydrogens is 352 g/mol. The van der Waals surface area contributed by atoms with Gasteiger partial charge in [0.15, 0.2) is 0 Å². The topological polar surface area (TPSA) is 86.1 Å². The summed E-state index contributed by atoms with van der Waals surface area (Å²) in [6.07, 6.45) is 5.09. The quantitative estimate of drug-likeness (QED) is 0.810. The van der Waals surface area contributed by atoms with Gasteiger partial charge in [0.05, 0.1) is 23.5 Å². The van der Waals surface area contributed by atoms with Crippen LogP contribution in [0.5, 0.6) is 0 Å². The summed E-state index contributed by atoms with van der Waals surface area (Å²) in [4.78, 5) is 30.5. The second-order valence-corrected chi connectivity index (χ2v) is 7.74. The van der Waals surface area contributed by atoms with Crippen LogP contribution in [0, 0.1) is 11.3 Å². The van der Waals surface area contributed by atoms with Crippen LogP contribution < -0.4 is 10.2 Å². The predicted molar refractivity (Wildman–Crippen MR) is 105 cm³/mol. The molecule has 28 heavy (non-hydrogen) atoms. The van der Waals surface area contributed by atoms with E-state index in [1.165, 1.54) is 11.1 Å². The van der Waals surface area contributed by atoms with Crippen LogP contribution in [0.2, 0.25) is 0 Å². The average molecular weight is 374 g/mol. The van der Waals surface area contributed by atoms with Crippen molar-refractivity contribution in [3.63, 3.8) is 0 Å². The van der Waals surface area contributed by atoms with Gasteiger partial charge >= 0.3 is 6.03 Å². The van der Waals surface area contributed by atoms with Gasteiger partial charge < -0.3 is 5.32 Å². The molecule has 2 aromatic rings. The minimum Gasteiger partial charge on any atom is -0.323 e. The van der Waals surface area contributed by atoms with E-state index in [4.69, 9.17) is 5.26 Å². The molecule has 0 bridgehead atoms. The maximum atomic E-state index is 12.6. The summed E-state index contributed by atoms with van der Waals surface area (Å²) in [7, 11) is 0. The number of carbonyl (C=O) groups is 2. The zero-order chi connectivity index (χ0) is 19.9. The van der Waals surface area contributed by atoms with E-state index in [2.05, 4.69) is 16.4 Å². The number of anilines is 1. The van der Waals surface area contributed by atoms with Crippen LogP contribution in [0.15, 0.2) is 36.5 Å². The van der Waals surface area contributed by atoms with E-state index in [0.717, 1.165) is 23.4 Å². The van der Waals surface area contributed by atoms with Crippen molar-refractivity contribution in [3.8, 4) is 6.07 Å². The van der Waals surface area contributed by atoms with E-state index in [1.54, 1.807) is 19.2 Å². The van der Waals surface area contributed by atoms with Gasteiger partial charge in [-0.05, 0) is 67.5 Å². The van der Waals surface area contributed by atoms with Crippen LogP contribution in [0.25, 0.3) is 0 Å². The molecule has 4 rings (SSSR count). The Morgan fingerprint density at radius 1 is 1.29 bits per heavy atom. The van der Waals surface area contributed by atoms with Crippen molar-refractivity contribution in [3.05, 3.63) is 58.9 Å². The first-order valence-corrected chi connectivity index (χ1v) is 9.59. The number of imide groups is 1. The number of amides is 3. The molecule has 3 amide bonds. The first-order valence-electron chi connectivity index (χ1n) is 9.59. The van der Waals surface area contributed by atoms with Gasteiger partial charge in [0, 0.05) is 12.1 Å². The molecule has 6 heteroatoms. The minimum atomic E-state index is -0.864. The highest BCUT2D eigenvalue weighted by Gasteiger charge is 2.47. The summed E-state index contributed by atoms with van der Waals surface area (Å²) in [5.74, 6) is 0.290. The van der Waals surface area contributed by atoms with E-state index in [-0.39, 0.29) is 5.91 Å². The first-order chi connectivity index (χ1) is 13.4. The lowest BCUT2D eigenvalue weighted by Crippen LogP contribution is -2.43. The lowest BCUT2D eigenvalue weighted by Gasteiger charge is -2.19. The van der Waals surface area contributed by atoms with Gasteiger partial charge in [-0.15, -0.1) is 0 Å². The van der Waals surface area contributed by atoms with Gasteiger partial charge in [0.25, 0.3) is 5.91 Å². The van der Waals surface area contributed by atoms with Gasteiger partial charge in [-0.25, -0.2) is 9.69 Å². The predicted octanol–water partition coefficient (Wildman–Crippen LogP) is 3.65. The number of aromatic nitrogens is 1. The van der Waals surface area contributed by atoms with Gasteiger partial charge in [-0.2, -0.15) is 5.26 Å². The summed E-state index contributed by atoms with van der Waals surface area (Å²) in [5, 5.41) is 11.9. The third-order valence-electron chi connectivity index (χ3n) is 5.70. The fourth-order valence-corrected chi connectivity index (χ4v) is 3.61. The highest BCUT2D eigenvalue weighted by atomic mass is 16.2. The van der Waals surface area contributed by atoms with Crippen molar-refractivity contribution in [2.24, 2.45) is 0 Å². The van der Waals surface area contributed by atoms with Crippen LogP contribution in [0.4, 0.5) is 10.5 Å². The smallest absolute Gasteiger partial charge is 0.323 e. The number of carbonyl (C=O) groups excluding carboxylic acids is 2. The third kappa shape index (κ3) is 3.13. The number of urea groups is 1. The summed E-state index contributed by atoms with van der Waals surface area (Å²) in [6.45, 7) is 3.61. The molecule has 0 unspecified atom stereocenters. The van der Waals surface area contributed by atoms with Crippen molar-refractivity contribution in [1.82, 2.24) is 10.3 Å². The summed E-state index contributed by atoms with van der Waals surface area (Å²) in [5.41, 5.74) is 3.57. The van der Waals surface area contributed by atoms with Gasteiger partial charge in [-0.1, -0.05) is 13.0 Å². The highest BCUT2D eigenvalue weighted by molar-refractivity contribution is 6.23. The molecular formula is C22H22N4O2. The second kappa shape index (κ2) is 6.75. The molecule has 1 aliphatic heterocycles. The molecule has 142 valence electrons. The fraction of sp³-hybridized carbons (Fsp3) is 0.364. The number of hydrogen-bond donors (Lipinski definition) is 1. The number of hydrogen-bond acceptors (Lipinski definition) is 4. The Labute approximate surface area is 164 Å². The van der Waals surface area contributed by atoms with Crippen molar-refractivity contribution in [1.29, 1.82) is 5.26 Å². The molecule has 0 spiro atoms. The molecule has 2 aliphatic rings. The maximum Gasteiger partial charge on any atom is 0.329 e. The van der Waals surface area contributed by atoms with Crippen molar-refractivity contribution >= 4 is 17.6 Å². The SMILES string of the molecule is CC[C@@]1(C)NC(=O)N(c2ccc(Cc3ccc(C#N)cc3C3CC3)nc2)C1=O.